The molecule has 1 saturated carbocycles. The third-order valence-corrected chi connectivity index (χ3v) is 2.70. The van der Waals surface area contributed by atoms with Crippen molar-refractivity contribution in [2.75, 3.05) is 6.54 Å². The number of carbonyl (C=O) groups excluding carboxylic acids is 2. The van der Waals surface area contributed by atoms with Crippen molar-refractivity contribution < 1.29 is 14.3 Å². The van der Waals surface area contributed by atoms with Crippen LogP contribution in [0.5, 0.6) is 0 Å². The molecule has 1 fully saturated rings. The van der Waals surface area contributed by atoms with E-state index in [0.29, 0.717) is 12.5 Å². The molecule has 0 aromatic carbocycles. The van der Waals surface area contributed by atoms with E-state index >= 15 is 0 Å². The number of hydrogen-bond acceptors (Lipinski definition) is 3. The van der Waals surface area contributed by atoms with Crippen LogP contribution in [0.4, 0.5) is 4.79 Å². The van der Waals surface area contributed by atoms with Crippen LogP contribution in [-0.2, 0) is 9.53 Å². The van der Waals surface area contributed by atoms with Gasteiger partial charge < -0.3 is 15.4 Å². The summed E-state index contributed by atoms with van der Waals surface area (Å²) in [5.41, 5.74) is -0.468. The van der Waals surface area contributed by atoms with Crippen LogP contribution in [0.1, 0.15) is 33.6 Å². The van der Waals surface area contributed by atoms with E-state index in [4.69, 9.17) is 4.74 Å². The number of carbonyl (C=O) groups is 2. The van der Waals surface area contributed by atoms with Crippen LogP contribution in [0.25, 0.3) is 0 Å². The number of rotatable bonds is 4. The van der Waals surface area contributed by atoms with Crippen molar-refractivity contribution in [1.29, 1.82) is 0 Å². The Hall–Kier alpha value is -1.52. The molecular weight excluding hydrogens is 232 g/mol. The summed E-state index contributed by atoms with van der Waals surface area (Å²) in [6.45, 7) is 9.48. The predicted octanol–water partition coefficient (Wildman–Crippen LogP) is 1.59. The molecule has 1 aliphatic rings. The summed E-state index contributed by atoms with van der Waals surface area (Å²) in [5, 5.41) is 5.56. The summed E-state index contributed by atoms with van der Waals surface area (Å²) in [4.78, 5) is 22.4. The summed E-state index contributed by atoms with van der Waals surface area (Å²) in [6, 6.07) is 0.209. The molecule has 18 heavy (non-hydrogen) atoms. The van der Waals surface area contributed by atoms with Gasteiger partial charge in [-0.3, -0.25) is 4.79 Å². The van der Waals surface area contributed by atoms with Crippen LogP contribution in [-0.4, -0.2) is 30.2 Å². The van der Waals surface area contributed by atoms with Gasteiger partial charge in [0, 0.05) is 12.6 Å². The van der Waals surface area contributed by atoms with Crippen LogP contribution in [0.3, 0.4) is 0 Å². The lowest BCUT2D eigenvalue weighted by Crippen LogP contribution is -2.47. The second kappa shape index (κ2) is 5.89. The van der Waals surface area contributed by atoms with Crippen LogP contribution >= 0.6 is 0 Å². The molecule has 102 valence electrons. The van der Waals surface area contributed by atoms with E-state index in [1.165, 1.54) is 6.08 Å². The molecule has 2 amide bonds. The molecule has 0 radical (unpaired) electrons. The van der Waals surface area contributed by atoms with E-state index in [9.17, 15) is 9.59 Å². The summed E-state index contributed by atoms with van der Waals surface area (Å²) in [5.74, 6) is 0.270. The van der Waals surface area contributed by atoms with Crippen molar-refractivity contribution in [3.05, 3.63) is 12.7 Å². The van der Waals surface area contributed by atoms with Crippen molar-refractivity contribution in [1.82, 2.24) is 10.6 Å². The van der Waals surface area contributed by atoms with Gasteiger partial charge in [-0.1, -0.05) is 6.58 Å². The molecule has 0 spiro atoms. The van der Waals surface area contributed by atoms with Gasteiger partial charge in [0.25, 0.3) is 0 Å². The van der Waals surface area contributed by atoms with Gasteiger partial charge in [-0.15, -0.1) is 0 Å². The van der Waals surface area contributed by atoms with E-state index in [1.807, 2.05) is 20.8 Å². The highest BCUT2D eigenvalue weighted by molar-refractivity contribution is 5.87. The number of alkyl carbamates (subject to hydrolysis) is 1. The van der Waals surface area contributed by atoms with Crippen LogP contribution in [0.2, 0.25) is 0 Å². The first kappa shape index (κ1) is 14.5. The average Bonchev–Trinajstić information content (AvgIpc) is 2.18. The molecule has 0 atom stereocenters. The van der Waals surface area contributed by atoms with Gasteiger partial charge >= 0.3 is 6.09 Å². The monoisotopic (exact) mass is 254 g/mol. The molecule has 5 nitrogen and oxygen atoms in total. The van der Waals surface area contributed by atoms with Gasteiger partial charge in [-0.05, 0) is 45.6 Å². The highest BCUT2D eigenvalue weighted by Gasteiger charge is 2.30. The van der Waals surface area contributed by atoms with E-state index in [2.05, 4.69) is 17.2 Å². The van der Waals surface area contributed by atoms with E-state index in [-0.39, 0.29) is 18.0 Å². The smallest absolute Gasteiger partial charge is 0.407 e. The predicted molar refractivity (Wildman–Crippen MR) is 69.1 cm³/mol. The fourth-order valence-corrected chi connectivity index (χ4v) is 1.82. The van der Waals surface area contributed by atoms with Crippen molar-refractivity contribution in [2.45, 2.75) is 45.3 Å². The molecule has 0 saturated heterocycles. The van der Waals surface area contributed by atoms with Gasteiger partial charge in [0.15, 0.2) is 0 Å². The SMILES string of the molecule is C=CC(=O)NC1CC(CNC(=O)OC(C)(C)C)C1. The Kier molecular flexibility index (Phi) is 4.76. The van der Waals surface area contributed by atoms with Gasteiger partial charge in [0.1, 0.15) is 5.60 Å². The minimum absolute atomic E-state index is 0.140. The molecular formula is C13H22N2O3. The lowest BCUT2D eigenvalue weighted by atomic mass is 9.80. The third-order valence-electron chi connectivity index (χ3n) is 2.70. The van der Waals surface area contributed by atoms with Crippen LogP contribution in [0, 0.1) is 5.92 Å². The summed E-state index contributed by atoms with van der Waals surface area (Å²) < 4.78 is 5.13. The number of nitrogens with one attached hydrogen (secondary N) is 2. The molecule has 0 heterocycles. The zero-order chi connectivity index (χ0) is 13.8. The van der Waals surface area contributed by atoms with Crippen LogP contribution in [0.15, 0.2) is 12.7 Å². The molecule has 2 N–H and O–H groups in total. The van der Waals surface area contributed by atoms with E-state index < -0.39 is 5.60 Å². The number of ether oxygens (including phenoxy) is 1. The highest BCUT2D eigenvalue weighted by Crippen LogP contribution is 2.26. The molecule has 0 aliphatic heterocycles. The Balaban J connectivity index is 2.11. The number of hydrogen-bond donors (Lipinski definition) is 2. The minimum Gasteiger partial charge on any atom is -0.444 e. The standard InChI is InChI=1S/C13H22N2O3/c1-5-11(16)15-10-6-9(7-10)8-14-12(17)18-13(2,3)4/h5,9-10H,1,6-8H2,2-4H3,(H,14,17)(H,15,16). The molecule has 0 unspecified atom stereocenters. The summed E-state index contributed by atoms with van der Waals surface area (Å²) >= 11 is 0. The van der Waals surface area contributed by atoms with Crippen molar-refractivity contribution >= 4 is 12.0 Å². The Morgan fingerprint density at radius 3 is 2.50 bits per heavy atom. The Morgan fingerprint density at radius 2 is 2.00 bits per heavy atom. The maximum absolute atomic E-state index is 11.4. The molecule has 5 heteroatoms. The summed E-state index contributed by atoms with van der Waals surface area (Å²) in [6.07, 6.45) is 2.65. The fraction of sp³-hybridized carbons (Fsp3) is 0.692. The Morgan fingerprint density at radius 1 is 1.39 bits per heavy atom. The quantitative estimate of drug-likeness (QED) is 0.749. The first-order valence-corrected chi connectivity index (χ1v) is 6.20. The fourth-order valence-electron chi connectivity index (χ4n) is 1.82. The Bertz CT molecular complexity index is 328. The number of amides is 2. The maximum Gasteiger partial charge on any atom is 0.407 e. The molecule has 1 rings (SSSR count). The zero-order valence-corrected chi connectivity index (χ0v) is 11.3. The van der Waals surface area contributed by atoms with Gasteiger partial charge in [-0.25, -0.2) is 4.79 Å². The molecule has 0 aromatic heterocycles. The van der Waals surface area contributed by atoms with Crippen molar-refractivity contribution in [3.63, 3.8) is 0 Å². The Labute approximate surface area is 108 Å². The van der Waals surface area contributed by atoms with E-state index in [0.717, 1.165) is 12.8 Å². The first-order chi connectivity index (χ1) is 8.30. The topological polar surface area (TPSA) is 67.4 Å². The van der Waals surface area contributed by atoms with Gasteiger partial charge in [0.05, 0.1) is 0 Å². The normalized spacial score (nSPS) is 22.6. The van der Waals surface area contributed by atoms with Crippen LogP contribution < -0.4 is 10.6 Å². The first-order valence-electron chi connectivity index (χ1n) is 6.20. The average molecular weight is 254 g/mol. The van der Waals surface area contributed by atoms with Gasteiger partial charge in [0.2, 0.25) is 5.91 Å². The van der Waals surface area contributed by atoms with Crippen molar-refractivity contribution in [3.8, 4) is 0 Å². The second-order valence-electron chi connectivity index (χ2n) is 5.63. The molecule has 1 aliphatic carbocycles. The summed E-state index contributed by atoms with van der Waals surface area (Å²) in [7, 11) is 0. The zero-order valence-electron chi connectivity index (χ0n) is 11.3. The molecule has 0 bridgehead atoms. The van der Waals surface area contributed by atoms with Crippen molar-refractivity contribution in [2.24, 2.45) is 5.92 Å². The largest absolute Gasteiger partial charge is 0.444 e. The third kappa shape index (κ3) is 5.21. The van der Waals surface area contributed by atoms with Gasteiger partial charge in [-0.2, -0.15) is 0 Å². The van der Waals surface area contributed by atoms with E-state index in [1.54, 1.807) is 0 Å². The maximum atomic E-state index is 11.4. The molecule has 0 aromatic rings. The highest BCUT2D eigenvalue weighted by atomic mass is 16.6. The lowest BCUT2D eigenvalue weighted by Gasteiger charge is -2.35. The lowest BCUT2D eigenvalue weighted by molar-refractivity contribution is -0.118. The minimum atomic E-state index is -0.468. The second-order valence-corrected chi connectivity index (χ2v) is 5.63.